The van der Waals surface area contributed by atoms with Crippen molar-refractivity contribution in [3.05, 3.63) is 35.2 Å². The average molecular weight is 369 g/mol. The summed E-state index contributed by atoms with van der Waals surface area (Å²) in [6, 6.07) is 5.56. The second kappa shape index (κ2) is 8.20. The molecular weight excluding hydrogens is 342 g/mol. The van der Waals surface area contributed by atoms with Crippen molar-refractivity contribution in [1.82, 2.24) is 20.3 Å². The predicted octanol–water partition coefficient (Wildman–Crippen LogP) is 2.48. The molecule has 0 aliphatic carbocycles. The molecule has 1 aromatic carbocycles. The summed E-state index contributed by atoms with van der Waals surface area (Å²) < 4.78 is 0. The third-order valence-corrected chi connectivity index (χ3v) is 4.71. The van der Waals surface area contributed by atoms with Crippen molar-refractivity contribution >= 4 is 23.6 Å². The monoisotopic (exact) mass is 369 g/mol. The van der Waals surface area contributed by atoms with E-state index < -0.39 is 0 Å². The Bertz CT molecular complexity index is 816. The van der Waals surface area contributed by atoms with Gasteiger partial charge in [0.2, 0.25) is 11.9 Å². The Balaban J connectivity index is 1.69. The molecule has 0 bridgehead atoms. The van der Waals surface area contributed by atoms with Gasteiger partial charge in [-0.05, 0) is 43.9 Å². The van der Waals surface area contributed by atoms with Crippen LogP contribution in [0.1, 0.15) is 29.8 Å². The number of aryl methyl sites for hydroxylation is 1. The van der Waals surface area contributed by atoms with Gasteiger partial charge in [-0.2, -0.15) is 15.0 Å². The number of hydrogen-bond donors (Lipinski definition) is 2. The molecular formula is C19H27N7O. The maximum absolute atomic E-state index is 12.3. The first-order chi connectivity index (χ1) is 12.9. The summed E-state index contributed by atoms with van der Waals surface area (Å²) in [5.74, 6) is 1.82. The molecule has 2 amide bonds. The van der Waals surface area contributed by atoms with Gasteiger partial charge in [0.25, 0.3) is 0 Å². The number of carbonyl (C=O) groups excluding carboxylic acids is 1. The van der Waals surface area contributed by atoms with Gasteiger partial charge in [-0.3, -0.25) is 0 Å². The van der Waals surface area contributed by atoms with E-state index >= 15 is 0 Å². The SMILES string of the molecule is Cc1cccc(NC(=O)NCc2nc(N(C)C)nc(N3CCCC3)n2)c1C. The Hall–Kier alpha value is -2.90. The van der Waals surface area contributed by atoms with Gasteiger partial charge < -0.3 is 20.4 Å². The smallest absolute Gasteiger partial charge is 0.319 e. The number of nitrogens with zero attached hydrogens (tertiary/aromatic N) is 5. The maximum Gasteiger partial charge on any atom is 0.319 e. The van der Waals surface area contributed by atoms with E-state index in [1.807, 2.05) is 51.0 Å². The Kier molecular flexibility index (Phi) is 5.73. The van der Waals surface area contributed by atoms with Gasteiger partial charge >= 0.3 is 6.03 Å². The molecule has 0 spiro atoms. The largest absolute Gasteiger partial charge is 0.347 e. The first kappa shape index (κ1) is 18.9. The molecule has 3 rings (SSSR count). The molecule has 8 nitrogen and oxygen atoms in total. The lowest BCUT2D eigenvalue weighted by Gasteiger charge is -2.19. The third-order valence-electron chi connectivity index (χ3n) is 4.71. The first-order valence-corrected chi connectivity index (χ1v) is 9.22. The van der Waals surface area contributed by atoms with E-state index in [0.29, 0.717) is 17.7 Å². The highest BCUT2D eigenvalue weighted by Crippen LogP contribution is 2.19. The lowest BCUT2D eigenvalue weighted by Crippen LogP contribution is -2.30. The Morgan fingerprint density at radius 1 is 1.15 bits per heavy atom. The Labute approximate surface area is 160 Å². The number of aromatic nitrogens is 3. The van der Waals surface area contributed by atoms with Gasteiger partial charge in [0.1, 0.15) is 0 Å². The van der Waals surface area contributed by atoms with Gasteiger partial charge in [0.15, 0.2) is 5.82 Å². The molecule has 0 radical (unpaired) electrons. The minimum atomic E-state index is -0.279. The van der Waals surface area contributed by atoms with E-state index in [4.69, 9.17) is 0 Å². The van der Waals surface area contributed by atoms with Crippen LogP contribution < -0.4 is 20.4 Å². The molecule has 0 atom stereocenters. The number of hydrogen-bond acceptors (Lipinski definition) is 6. The van der Waals surface area contributed by atoms with Crippen molar-refractivity contribution in [2.45, 2.75) is 33.2 Å². The molecule has 2 aromatic rings. The van der Waals surface area contributed by atoms with E-state index in [1.54, 1.807) is 0 Å². The molecule has 1 aliphatic rings. The van der Waals surface area contributed by atoms with Crippen LogP contribution in [0.3, 0.4) is 0 Å². The fraction of sp³-hybridized carbons (Fsp3) is 0.474. The van der Waals surface area contributed by atoms with Crippen molar-refractivity contribution in [1.29, 1.82) is 0 Å². The van der Waals surface area contributed by atoms with Crippen molar-refractivity contribution in [3.63, 3.8) is 0 Å². The number of nitrogens with one attached hydrogen (secondary N) is 2. The van der Waals surface area contributed by atoms with E-state index in [2.05, 4.69) is 30.5 Å². The Morgan fingerprint density at radius 3 is 2.59 bits per heavy atom. The van der Waals surface area contributed by atoms with E-state index in [0.717, 1.165) is 42.7 Å². The predicted molar refractivity (Wildman–Crippen MR) is 107 cm³/mol. The van der Waals surface area contributed by atoms with Crippen LogP contribution in [0, 0.1) is 13.8 Å². The normalized spacial score (nSPS) is 13.6. The van der Waals surface area contributed by atoms with Gasteiger partial charge in [-0.1, -0.05) is 12.1 Å². The van der Waals surface area contributed by atoms with Crippen LogP contribution in [0.25, 0.3) is 0 Å². The molecule has 8 heteroatoms. The third kappa shape index (κ3) is 4.64. The van der Waals surface area contributed by atoms with Gasteiger partial charge in [0.05, 0.1) is 6.54 Å². The van der Waals surface area contributed by atoms with Gasteiger partial charge in [0, 0.05) is 32.9 Å². The van der Waals surface area contributed by atoms with Crippen molar-refractivity contribution in [2.24, 2.45) is 0 Å². The molecule has 144 valence electrons. The number of anilines is 3. The second-order valence-corrected chi connectivity index (χ2v) is 7.00. The van der Waals surface area contributed by atoms with Crippen LogP contribution in [-0.2, 0) is 6.54 Å². The minimum Gasteiger partial charge on any atom is -0.347 e. The molecule has 2 heterocycles. The minimum absolute atomic E-state index is 0.237. The zero-order chi connectivity index (χ0) is 19.4. The van der Waals surface area contributed by atoms with Gasteiger partial charge in [-0.25, -0.2) is 4.79 Å². The van der Waals surface area contributed by atoms with Crippen molar-refractivity contribution in [2.75, 3.05) is 42.3 Å². The number of benzene rings is 1. The zero-order valence-electron chi connectivity index (χ0n) is 16.4. The van der Waals surface area contributed by atoms with Crippen LogP contribution in [0.2, 0.25) is 0 Å². The van der Waals surface area contributed by atoms with Crippen LogP contribution in [0.5, 0.6) is 0 Å². The quantitative estimate of drug-likeness (QED) is 0.842. The van der Waals surface area contributed by atoms with Crippen LogP contribution in [0.15, 0.2) is 18.2 Å². The molecule has 1 fully saturated rings. The lowest BCUT2D eigenvalue weighted by atomic mass is 10.1. The van der Waals surface area contributed by atoms with Crippen molar-refractivity contribution in [3.8, 4) is 0 Å². The summed E-state index contributed by atoms with van der Waals surface area (Å²) in [6.07, 6.45) is 2.30. The fourth-order valence-electron chi connectivity index (χ4n) is 2.95. The summed E-state index contributed by atoms with van der Waals surface area (Å²) in [7, 11) is 3.79. The summed E-state index contributed by atoms with van der Waals surface area (Å²) >= 11 is 0. The Morgan fingerprint density at radius 2 is 1.89 bits per heavy atom. The molecule has 0 saturated carbocycles. The summed E-state index contributed by atoms with van der Waals surface area (Å²) in [4.78, 5) is 29.8. The number of amides is 2. The molecule has 2 N–H and O–H groups in total. The van der Waals surface area contributed by atoms with Crippen LogP contribution in [0.4, 0.5) is 22.4 Å². The van der Waals surface area contributed by atoms with E-state index in [-0.39, 0.29) is 12.6 Å². The second-order valence-electron chi connectivity index (χ2n) is 7.00. The fourth-order valence-corrected chi connectivity index (χ4v) is 2.95. The number of carbonyl (C=O) groups is 1. The highest BCUT2D eigenvalue weighted by Gasteiger charge is 2.18. The molecule has 27 heavy (non-hydrogen) atoms. The standard InChI is InChI=1S/C19H27N7O/c1-13-8-7-9-15(14(13)2)21-19(27)20-12-16-22-17(25(3)4)24-18(23-16)26-10-5-6-11-26/h7-9H,5-6,10-12H2,1-4H3,(H2,20,21,27). The number of rotatable bonds is 5. The summed E-state index contributed by atoms with van der Waals surface area (Å²) in [5.41, 5.74) is 2.99. The highest BCUT2D eigenvalue weighted by molar-refractivity contribution is 5.90. The van der Waals surface area contributed by atoms with Crippen LogP contribution >= 0.6 is 0 Å². The van der Waals surface area contributed by atoms with Crippen LogP contribution in [-0.4, -0.2) is 48.2 Å². The highest BCUT2D eigenvalue weighted by atomic mass is 16.2. The summed E-state index contributed by atoms with van der Waals surface area (Å²) in [6.45, 7) is 6.16. The lowest BCUT2D eigenvalue weighted by molar-refractivity contribution is 0.251. The molecule has 1 aromatic heterocycles. The molecule has 0 unspecified atom stereocenters. The van der Waals surface area contributed by atoms with Crippen molar-refractivity contribution < 1.29 is 4.79 Å². The topological polar surface area (TPSA) is 86.3 Å². The molecule has 1 aliphatic heterocycles. The molecule has 1 saturated heterocycles. The number of urea groups is 1. The maximum atomic E-state index is 12.3. The average Bonchev–Trinajstić information content (AvgIpc) is 3.18. The first-order valence-electron chi connectivity index (χ1n) is 9.22. The zero-order valence-corrected chi connectivity index (χ0v) is 16.4. The van der Waals surface area contributed by atoms with E-state index in [9.17, 15) is 4.79 Å². The van der Waals surface area contributed by atoms with Gasteiger partial charge in [-0.15, -0.1) is 0 Å². The summed E-state index contributed by atoms with van der Waals surface area (Å²) in [5, 5.41) is 5.72. The van der Waals surface area contributed by atoms with E-state index in [1.165, 1.54) is 0 Å².